The summed E-state index contributed by atoms with van der Waals surface area (Å²) in [6.07, 6.45) is 23.0. The highest BCUT2D eigenvalue weighted by molar-refractivity contribution is 7.96. The van der Waals surface area contributed by atoms with Gasteiger partial charge >= 0.3 is 0 Å². The minimum Gasteiger partial charge on any atom is -0.389 e. The molecule has 0 heterocycles. The molecule has 0 rings (SSSR count). The lowest BCUT2D eigenvalue weighted by Crippen LogP contribution is -2.47. The fourth-order valence-corrected chi connectivity index (χ4v) is 7.15. The Balaban J connectivity index is 5.91. The van der Waals surface area contributed by atoms with Crippen molar-refractivity contribution >= 4 is 35.5 Å². The zero-order valence-corrected chi connectivity index (χ0v) is 28.3. The molecule has 1 N–H and O–H groups in total. The first kappa shape index (κ1) is 39.0. The van der Waals surface area contributed by atoms with Gasteiger partial charge in [0, 0.05) is 12.8 Å². The van der Waals surface area contributed by atoms with Gasteiger partial charge in [-0.25, -0.2) is 0 Å². The molecule has 5 heteroatoms. The van der Waals surface area contributed by atoms with Crippen LogP contribution in [0.4, 0.5) is 0 Å². The van der Waals surface area contributed by atoms with E-state index in [0.717, 1.165) is 32.1 Å². The molecule has 0 aromatic carbocycles. The first-order valence-corrected chi connectivity index (χ1v) is 17.7. The molecule has 0 spiro atoms. The molecule has 0 radical (unpaired) electrons. The summed E-state index contributed by atoms with van der Waals surface area (Å²) in [7, 11) is 0. The van der Waals surface area contributed by atoms with Crippen molar-refractivity contribution < 1.29 is 14.7 Å². The lowest BCUT2D eigenvalue weighted by molar-refractivity contribution is -0.125. The van der Waals surface area contributed by atoms with Gasteiger partial charge in [0.15, 0.2) is 10.2 Å². The van der Waals surface area contributed by atoms with Crippen molar-refractivity contribution in [1.29, 1.82) is 0 Å². The van der Waals surface area contributed by atoms with Crippen molar-refractivity contribution in [3.8, 4) is 0 Å². The minimum absolute atomic E-state index is 0.151. The summed E-state index contributed by atoms with van der Waals surface area (Å²) in [5, 5.41) is 12.2. The standard InChI is InChI=1S/C34H66O3S2/c1-6-11-15-19-28(17-13-8-3)21-23-30(26-32(35)38)34(37,25-10-5)31(27-33(36)39)24-22-29(18-14-9-4)20-16-12-7-2/h28-31,37H,6-27H2,1-5H3,(H,35,38)(H,36,39). The third-order valence-corrected chi connectivity index (χ3v) is 9.48. The predicted octanol–water partition coefficient (Wildman–Crippen LogP) is 10.8. The van der Waals surface area contributed by atoms with Crippen molar-refractivity contribution in [2.24, 2.45) is 23.7 Å². The fraction of sp³-hybridized carbons (Fsp3) is 0.941. The molecule has 0 saturated heterocycles. The second-order valence-corrected chi connectivity index (χ2v) is 13.5. The third kappa shape index (κ3) is 18.2. The monoisotopic (exact) mass is 586 g/mol. The second kappa shape index (κ2) is 24.6. The Morgan fingerprint density at radius 1 is 0.538 bits per heavy atom. The SMILES string of the molecule is CCCCCC(CCCC)CCC(CC(=O)S)C(O)(CCC)C(CCC(CCCC)CCCCC)CC(=O)S. The van der Waals surface area contributed by atoms with E-state index in [-0.39, 0.29) is 34.9 Å². The van der Waals surface area contributed by atoms with Crippen molar-refractivity contribution in [3.05, 3.63) is 0 Å². The van der Waals surface area contributed by atoms with Crippen LogP contribution in [0.15, 0.2) is 0 Å². The summed E-state index contributed by atoms with van der Waals surface area (Å²) in [6.45, 7) is 11.1. The van der Waals surface area contributed by atoms with E-state index in [2.05, 4.69) is 59.9 Å². The van der Waals surface area contributed by atoms with E-state index >= 15 is 0 Å². The van der Waals surface area contributed by atoms with E-state index in [1.54, 1.807) is 0 Å². The Hall–Kier alpha value is -0.000000000000000111. The van der Waals surface area contributed by atoms with Crippen molar-refractivity contribution in [3.63, 3.8) is 0 Å². The van der Waals surface area contributed by atoms with E-state index in [0.29, 0.717) is 18.3 Å². The molecule has 0 saturated carbocycles. The molecule has 0 amide bonds. The molecular formula is C34H66O3S2. The van der Waals surface area contributed by atoms with Crippen LogP contribution in [0.5, 0.6) is 0 Å². The Bertz CT molecular complexity index is 563. The molecule has 39 heavy (non-hydrogen) atoms. The number of unbranched alkanes of at least 4 members (excludes halogenated alkanes) is 6. The van der Waals surface area contributed by atoms with Gasteiger partial charge in [0.2, 0.25) is 0 Å². The van der Waals surface area contributed by atoms with E-state index in [9.17, 15) is 14.7 Å². The maximum absolute atomic E-state index is 12.5. The first-order valence-electron chi connectivity index (χ1n) is 16.8. The van der Waals surface area contributed by atoms with Crippen LogP contribution in [0.1, 0.15) is 176 Å². The Labute approximate surface area is 254 Å². The summed E-state index contributed by atoms with van der Waals surface area (Å²) in [5.74, 6) is 0.956. The topological polar surface area (TPSA) is 54.4 Å². The molecule has 4 unspecified atom stereocenters. The predicted molar refractivity (Wildman–Crippen MR) is 177 cm³/mol. The first-order chi connectivity index (χ1) is 18.7. The molecule has 0 aliphatic heterocycles. The van der Waals surface area contributed by atoms with Gasteiger partial charge in [0.05, 0.1) is 5.60 Å². The summed E-state index contributed by atoms with van der Waals surface area (Å²) >= 11 is 8.37. The highest BCUT2D eigenvalue weighted by atomic mass is 32.1. The largest absolute Gasteiger partial charge is 0.389 e. The van der Waals surface area contributed by atoms with Crippen LogP contribution in [0.25, 0.3) is 0 Å². The summed E-state index contributed by atoms with van der Waals surface area (Å²) in [5.41, 5.74) is -1.04. The van der Waals surface area contributed by atoms with Crippen LogP contribution in [-0.2, 0) is 9.59 Å². The summed E-state index contributed by atoms with van der Waals surface area (Å²) in [4.78, 5) is 24.8. The van der Waals surface area contributed by atoms with Crippen LogP contribution in [-0.4, -0.2) is 20.9 Å². The van der Waals surface area contributed by atoms with E-state index in [1.165, 1.54) is 89.9 Å². The van der Waals surface area contributed by atoms with Crippen LogP contribution in [0, 0.1) is 23.7 Å². The highest BCUT2D eigenvalue weighted by Crippen LogP contribution is 2.43. The molecule has 0 bridgehead atoms. The zero-order chi connectivity index (χ0) is 29.5. The molecular weight excluding hydrogens is 521 g/mol. The Morgan fingerprint density at radius 2 is 0.897 bits per heavy atom. The molecule has 0 aliphatic rings. The number of hydrogen-bond donors (Lipinski definition) is 3. The summed E-state index contributed by atoms with van der Waals surface area (Å²) < 4.78 is 0. The van der Waals surface area contributed by atoms with Gasteiger partial charge < -0.3 is 5.11 Å². The number of rotatable bonds is 28. The van der Waals surface area contributed by atoms with Crippen LogP contribution >= 0.6 is 25.3 Å². The number of aliphatic hydroxyl groups is 1. The Kier molecular flexibility index (Phi) is 24.6. The van der Waals surface area contributed by atoms with Crippen molar-refractivity contribution in [2.45, 2.75) is 181 Å². The lowest BCUT2D eigenvalue weighted by atomic mass is 9.67. The number of carbonyl (C=O) groups is 2. The van der Waals surface area contributed by atoms with Crippen LogP contribution in [0.3, 0.4) is 0 Å². The smallest absolute Gasteiger partial charge is 0.186 e. The molecule has 3 nitrogen and oxygen atoms in total. The lowest BCUT2D eigenvalue weighted by Gasteiger charge is -2.43. The van der Waals surface area contributed by atoms with Crippen molar-refractivity contribution in [1.82, 2.24) is 0 Å². The van der Waals surface area contributed by atoms with Gasteiger partial charge in [-0.05, 0) is 42.9 Å². The number of hydrogen-bond acceptors (Lipinski definition) is 3. The van der Waals surface area contributed by atoms with E-state index < -0.39 is 5.60 Å². The van der Waals surface area contributed by atoms with Crippen LogP contribution in [0.2, 0.25) is 0 Å². The minimum atomic E-state index is -1.04. The quantitative estimate of drug-likeness (QED) is 0.0631. The van der Waals surface area contributed by atoms with Gasteiger partial charge in [0.1, 0.15) is 0 Å². The zero-order valence-electron chi connectivity index (χ0n) is 26.5. The maximum atomic E-state index is 12.5. The normalized spacial score (nSPS) is 16.4. The third-order valence-electron chi connectivity index (χ3n) is 9.12. The van der Waals surface area contributed by atoms with Crippen LogP contribution < -0.4 is 0 Å². The highest BCUT2D eigenvalue weighted by Gasteiger charge is 2.44. The molecule has 0 aromatic rings. The van der Waals surface area contributed by atoms with Gasteiger partial charge in [-0.2, -0.15) is 0 Å². The van der Waals surface area contributed by atoms with Crippen molar-refractivity contribution in [2.75, 3.05) is 0 Å². The Morgan fingerprint density at radius 3 is 1.21 bits per heavy atom. The van der Waals surface area contributed by atoms with E-state index in [4.69, 9.17) is 0 Å². The number of carbonyl (C=O) groups excluding carboxylic acids is 2. The average Bonchev–Trinajstić information content (AvgIpc) is 2.89. The fourth-order valence-electron chi connectivity index (χ4n) is 6.71. The van der Waals surface area contributed by atoms with Gasteiger partial charge in [-0.1, -0.05) is 144 Å². The maximum Gasteiger partial charge on any atom is 0.186 e. The number of thiol groups is 2. The van der Waals surface area contributed by atoms with Gasteiger partial charge in [-0.15, -0.1) is 25.3 Å². The second-order valence-electron chi connectivity index (χ2n) is 12.5. The average molecular weight is 587 g/mol. The molecule has 0 aliphatic carbocycles. The van der Waals surface area contributed by atoms with Gasteiger partial charge in [0.25, 0.3) is 0 Å². The molecule has 0 fully saturated rings. The van der Waals surface area contributed by atoms with E-state index in [1.807, 2.05) is 0 Å². The summed E-state index contributed by atoms with van der Waals surface area (Å²) in [6, 6.07) is 0. The molecule has 232 valence electrons. The van der Waals surface area contributed by atoms with Gasteiger partial charge in [-0.3, -0.25) is 9.59 Å². The molecule has 0 aromatic heterocycles. The molecule has 4 atom stereocenters.